The summed E-state index contributed by atoms with van der Waals surface area (Å²) in [5.41, 5.74) is 3.50. The highest BCUT2D eigenvalue weighted by molar-refractivity contribution is 9.10. The molecule has 0 saturated heterocycles. The molecule has 1 saturated carbocycles. The third-order valence-electron chi connectivity index (χ3n) is 4.25. The summed E-state index contributed by atoms with van der Waals surface area (Å²) < 4.78 is 12.2. The standard InChI is InChI=1S/C21H20BrCl2N3O4/c1-2-30-18-9-12(10-25-27-21(29)20(28)26-13-6-7-13)8-15(22)19(18)31-11-14-16(23)4-3-5-17(14)24/h3-5,8-10,13H,2,6-7,11H2,1H3,(H,26,28)(H,27,29)/b25-10-. The molecule has 1 aliphatic rings. The van der Waals surface area contributed by atoms with E-state index in [-0.39, 0.29) is 12.6 Å². The number of carbonyl (C=O) groups excluding carboxylic acids is 2. The Morgan fingerprint density at radius 3 is 2.55 bits per heavy atom. The molecule has 2 N–H and O–H groups in total. The summed E-state index contributed by atoms with van der Waals surface area (Å²) in [5, 5.41) is 7.45. The van der Waals surface area contributed by atoms with Crippen LogP contribution in [-0.4, -0.2) is 30.7 Å². The van der Waals surface area contributed by atoms with Crippen molar-refractivity contribution in [3.63, 3.8) is 0 Å². The zero-order valence-electron chi connectivity index (χ0n) is 16.6. The van der Waals surface area contributed by atoms with E-state index in [4.69, 9.17) is 32.7 Å². The normalized spacial score (nSPS) is 13.2. The Morgan fingerprint density at radius 2 is 1.90 bits per heavy atom. The molecule has 2 aromatic carbocycles. The number of benzene rings is 2. The van der Waals surface area contributed by atoms with Crippen molar-refractivity contribution >= 4 is 57.2 Å². The van der Waals surface area contributed by atoms with Crippen molar-refractivity contribution in [1.29, 1.82) is 0 Å². The number of ether oxygens (including phenoxy) is 2. The molecule has 0 aromatic heterocycles. The van der Waals surface area contributed by atoms with Crippen LogP contribution in [0.5, 0.6) is 11.5 Å². The molecule has 0 bridgehead atoms. The smallest absolute Gasteiger partial charge is 0.329 e. The van der Waals surface area contributed by atoms with E-state index in [1.807, 2.05) is 6.92 Å². The highest BCUT2D eigenvalue weighted by Crippen LogP contribution is 2.38. The molecule has 3 rings (SSSR count). The first-order valence-electron chi connectivity index (χ1n) is 9.55. The molecule has 7 nitrogen and oxygen atoms in total. The molecule has 0 atom stereocenters. The van der Waals surface area contributed by atoms with Crippen molar-refractivity contribution < 1.29 is 19.1 Å². The highest BCUT2D eigenvalue weighted by atomic mass is 79.9. The maximum absolute atomic E-state index is 11.7. The second-order valence-corrected chi connectivity index (χ2v) is 8.37. The summed E-state index contributed by atoms with van der Waals surface area (Å²) in [6, 6.07) is 8.79. The molecule has 0 aliphatic heterocycles. The van der Waals surface area contributed by atoms with Gasteiger partial charge in [-0.2, -0.15) is 5.10 Å². The third-order valence-corrected chi connectivity index (χ3v) is 5.55. The number of hydrazone groups is 1. The number of hydrogen-bond donors (Lipinski definition) is 2. The SMILES string of the molecule is CCOc1cc(/C=N\NC(=O)C(=O)NC2CC2)cc(Br)c1OCc1c(Cl)cccc1Cl. The molecule has 31 heavy (non-hydrogen) atoms. The Bertz CT molecular complexity index is 992. The fourth-order valence-electron chi connectivity index (χ4n) is 2.57. The average Bonchev–Trinajstić information content (AvgIpc) is 3.53. The number of halogens is 3. The van der Waals surface area contributed by atoms with E-state index in [0.29, 0.717) is 43.8 Å². The third kappa shape index (κ3) is 6.59. The number of nitrogens with zero attached hydrogens (tertiary/aromatic N) is 1. The number of amides is 2. The topological polar surface area (TPSA) is 89.0 Å². The Balaban J connectivity index is 1.70. The monoisotopic (exact) mass is 527 g/mol. The van der Waals surface area contributed by atoms with Gasteiger partial charge in [0, 0.05) is 21.7 Å². The van der Waals surface area contributed by atoms with E-state index in [2.05, 4.69) is 31.8 Å². The molecule has 0 radical (unpaired) electrons. The predicted molar refractivity (Wildman–Crippen MR) is 123 cm³/mol. The van der Waals surface area contributed by atoms with Gasteiger partial charge in [0.15, 0.2) is 11.5 Å². The van der Waals surface area contributed by atoms with Gasteiger partial charge in [-0.25, -0.2) is 5.43 Å². The molecular formula is C21H20BrCl2N3O4. The van der Waals surface area contributed by atoms with Crippen LogP contribution in [0.4, 0.5) is 0 Å². The Kier molecular flexibility index (Phi) is 8.17. The van der Waals surface area contributed by atoms with Gasteiger partial charge in [0.05, 0.1) is 17.3 Å². The maximum Gasteiger partial charge on any atom is 0.329 e. The summed E-state index contributed by atoms with van der Waals surface area (Å²) in [4.78, 5) is 23.4. The second kappa shape index (κ2) is 10.8. The van der Waals surface area contributed by atoms with Crippen LogP contribution in [-0.2, 0) is 16.2 Å². The van der Waals surface area contributed by atoms with Gasteiger partial charge in [-0.15, -0.1) is 0 Å². The summed E-state index contributed by atoms with van der Waals surface area (Å²) in [5.74, 6) is -0.566. The highest BCUT2D eigenvalue weighted by Gasteiger charge is 2.26. The second-order valence-electron chi connectivity index (χ2n) is 6.70. The lowest BCUT2D eigenvalue weighted by Crippen LogP contribution is -2.38. The number of hydrogen-bond acceptors (Lipinski definition) is 5. The van der Waals surface area contributed by atoms with E-state index in [0.717, 1.165) is 12.8 Å². The molecule has 1 aliphatic carbocycles. The molecule has 2 amide bonds. The summed E-state index contributed by atoms with van der Waals surface area (Å²) >= 11 is 15.9. The zero-order valence-corrected chi connectivity index (χ0v) is 19.7. The molecule has 0 unspecified atom stereocenters. The van der Waals surface area contributed by atoms with E-state index >= 15 is 0 Å². The first kappa shape index (κ1) is 23.4. The van der Waals surface area contributed by atoms with Crippen LogP contribution in [0.3, 0.4) is 0 Å². The van der Waals surface area contributed by atoms with Crippen LogP contribution >= 0.6 is 39.1 Å². The minimum absolute atomic E-state index is 0.0973. The van der Waals surface area contributed by atoms with Gasteiger partial charge >= 0.3 is 11.8 Å². The average molecular weight is 529 g/mol. The van der Waals surface area contributed by atoms with Crippen molar-refractivity contribution in [1.82, 2.24) is 10.7 Å². The largest absolute Gasteiger partial charge is 0.490 e. The van der Waals surface area contributed by atoms with Crippen molar-refractivity contribution in [3.05, 3.63) is 56.0 Å². The molecule has 1 fully saturated rings. The van der Waals surface area contributed by atoms with Crippen LogP contribution in [0.1, 0.15) is 30.9 Å². The van der Waals surface area contributed by atoms with Crippen molar-refractivity contribution in [2.24, 2.45) is 5.10 Å². The molecular weight excluding hydrogens is 509 g/mol. The van der Waals surface area contributed by atoms with Crippen molar-refractivity contribution in [2.45, 2.75) is 32.4 Å². The first-order chi connectivity index (χ1) is 14.9. The molecule has 10 heteroatoms. The van der Waals surface area contributed by atoms with E-state index < -0.39 is 11.8 Å². The molecule has 2 aromatic rings. The van der Waals surface area contributed by atoms with Gasteiger partial charge in [0.25, 0.3) is 0 Å². The number of nitrogens with one attached hydrogen (secondary N) is 2. The fraction of sp³-hybridized carbons (Fsp3) is 0.286. The van der Waals surface area contributed by atoms with Gasteiger partial charge in [-0.05, 0) is 65.5 Å². The van der Waals surface area contributed by atoms with Crippen molar-refractivity contribution in [2.75, 3.05) is 6.61 Å². The van der Waals surface area contributed by atoms with Gasteiger partial charge in [-0.3, -0.25) is 9.59 Å². The Morgan fingerprint density at radius 1 is 1.19 bits per heavy atom. The van der Waals surface area contributed by atoms with Gasteiger partial charge < -0.3 is 14.8 Å². The van der Waals surface area contributed by atoms with Crippen LogP contribution in [0.15, 0.2) is 39.9 Å². The van der Waals surface area contributed by atoms with E-state index in [1.54, 1.807) is 30.3 Å². The van der Waals surface area contributed by atoms with Crippen LogP contribution in [0, 0.1) is 0 Å². The van der Waals surface area contributed by atoms with Crippen LogP contribution in [0.2, 0.25) is 10.0 Å². The van der Waals surface area contributed by atoms with Gasteiger partial charge in [0.1, 0.15) is 6.61 Å². The number of rotatable bonds is 8. The summed E-state index contributed by atoms with van der Waals surface area (Å²) in [6.07, 6.45) is 3.20. The van der Waals surface area contributed by atoms with Gasteiger partial charge in [-0.1, -0.05) is 29.3 Å². The quantitative estimate of drug-likeness (QED) is 0.300. The van der Waals surface area contributed by atoms with Crippen LogP contribution in [0.25, 0.3) is 0 Å². The fourth-order valence-corrected chi connectivity index (χ4v) is 3.66. The van der Waals surface area contributed by atoms with Crippen LogP contribution < -0.4 is 20.2 Å². The molecule has 164 valence electrons. The van der Waals surface area contributed by atoms with E-state index in [9.17, 15) is 9.59 Å². The maximum atomic E-state index is 11.7. The molecule has 0 spiro atoms. The lowest BCUT2D eigenvalue weighted by atomic mass is 10.2. The summed E-state index contributed by atoms with van der Waals surface area (Å²) in [7, 11) is 0. The predicted octanol–water partition coefficient (Wildman–Crippen LogP) is 4.46. The first-order valence-corrected chi connectivity index (χ1v) is 11.1. The number of carbonyl (C=O) groups is 2. The minimum atomic E-state index is -0.816. The van der Waals surface area contributed by atoms with E-state index in [1.165, 1.54) is 6.21 Å². The Hall–Kier alpha value is -2.29. The lowest BCUT2D eigenvalue weighted by Gasteiger charge is -2.15. The van der Waals surface area contributed by atoms with Crippen molar-refractivity contribution in [3.8, 4) is 11.5 Å². The minimum Gasteiger partial charge on any atom is -0.490 e. The molecule has 0 heterocycles. The Labute approximate surface area is 198 Å². The zero-order chi connectivity index (χ0) is 22.4. The van der Waals surface area contributed by atoms with Gasteiger partial charge in [0.2, 0.25) is 0 Å². The summed E-state index contributed by atoms with van der Waals surface area (Å²) in [6.45, 7) is 2.41. The lowest BCUT2D eigenvalue weighted by molar-refractivity contribution is -0.139.